The molecule has 0 aliphatic carbocycles. The summed E-state index contributed by atoms with van der Waals surface area (Å²) in [4.78, 5) is 10.9. The smallest absolute Gasteiger partial charge is 0.238 e. The highest BCUT2D eigenvalue weighted by molar-refractivity contribution is 9.10. The molecule has 1 amide bonds. The maximum Gasteiger partial charge on any atom is 0.238 e. The van der Waals surface area contributed by atoms with Crippen LogP contribution in [0.5, 0.6) is 5.75 Å². The summed E-state index contributed by atoms with van der Waals surface area (Å²) < 4.78 is 5.75. The summed E-state index contributed by atoms with van der Waals surface area (Å²) in [5, 5.41) is 0. The van der Waals surface area contributed by atoms with Crippen LogP contribution in [-0.2, 0) is 4.79 Å². The number of halogens is 1. The van der Waals surface area contributed by atoms with E-state index in [9.17, 15) is 4.79 Å². The molecule has 0 aliphatic rings. The van der Waals surface area contributed by atoms with E-state index in [2.05, 4.69) is 15.9 Å². The lowest BCUT2D eigenvalue weighted by molar-refractivity contribution is -0.119. The van der Waals surface area contributed by atoms with Gasteiger partial charge in [-0.25, -0.2) is 0 Å². The van der Waals surface area contributed by atoms with E-state index in [1.165, 1.54) is 0 Å². The average Bonchev–Trinajstić information content (AvgIpc) is 2.17. The minimum atomic E-state index is -0.820. The number of methoxy groups -OCH3 is 1. The van der Waals surface area contributed by atoms with Gasteiger partial charge in [-0.3, -0.25) is 4.79 Å². The van der Waals surface area contributed by atoms with Crippen molar-refractivity contribution in [2.24, 2.45) is 11.5 Å². The topological polar surface area (TPSA) is 78.3 Å². The Hall–Kier alpha value is -1.07. The van der Waals surface area contributed by atoms with Gasteiger partial charge < -0.3 is 16.2 Å². The van der Waals surface area contributed by atoms with Gasteiger partial charge in [0.05, 0.1) is 7.11 Å². The minimum absolute atomic E-state index is 0.570. The van der Waals surface area contributed by atoms with Gasteiger partial charge in [0.2, 0.25) is 5.91 Å². The van der Waals surface area contributed by atoms with Crippen LogP contribution < -0.4 is 16.2 Å². The van der Waals surface area contributed by atoms with Crippen molar-refractivity contribution in [1.82, 2.24) is 0 Å². The second-order valence-corrected chi connectivity index (χ2v) is 3.62. The highest BCUT2D eigenvalue weighted by atomic mass is 79.9. The van der Waals surface area contributed by atoms with E-state index in [1.807, 2.05) is 0 Å². The molecule has 0 heterocycles. The van der Waals surface area contributed by atoms with E-state index >= 15 is 0 Å². The predicted octanol–water partition coefficient (Wildman–Crippen LogP) is 0.943. The molecule has 1 unspecified atom stereocenters. The highest BCUT2D eigenvalue weighted by Gasteiger charge is 2.15. The van der Waals surface area contributed by atoms with E-state index in [-0.39, 0.29) is 0 Å². The summed E-state index contributed by atoms with van der Waals surface area (Å²) in [5.41, 5.74) is 11.3. The molecule has 0 radical (unpaired) electrons. The zero-order chi connectivity index (χ0) is 10.7. The van der Waals surface area contributed by atoms with Crippen molar-refractivity contribution < 1.29 is 9.53 Å². The van der Waals surface area contributed by atoms with E-state index in [4.69, 9.17) is 16.2 Å². The molecule has 76 valence electrons. The number of benzene rings is 1. The fraction of sp³-hybridized carbons (Fsp3) is 0.222. The van der Waals surface area contributed by atoms with Crippen molar-refractivity contribution >= 4 is 21.8 Å². The third kappa shape index (κ3) is 2.24. The average molecular weight is 259 g/mol. The molecule has 4 nitrogen and oxygen atoms in total. The molecule has 5 heteroatoms. The maximum absolute atomic E-state index is 10.9. The second kappa shape index (κ2) is 4.43. The molecule has 4 N–H and O–H groups in total. The molecule has 0 saturated carbocycles. The zero-order valence-corrected chi connectivity index (χ0v) is 9.24. The van der Waals surface area contributed by atoms with Crippen LogP contribution in [0.15, 0.2) is 22.7 Å². The van der Waals surface area contributed by atoms with Crippen LogP contribution >= 0.6 is 15.9 Å². The first-order valence-electron chi connectivity index (χ1n) is 3.94. The molecule has 1 atom stereocenters. The Morgan fingerprint density at radius 2 is 2.21 bits per heavy atom. The first-order chi connectivity index (χ1) is 6.56. The molecular weight excluding hydrogens is 248 g/mol. The molecule has 0 spiro atoms. The number of amides is 1. The third-order valence-electron chi connectivity index (χ3n) is 1.84. The molecule has 0 bridgehead atoms. The van der Waals surface area contributed by atoms with E-state index in [1.54, 1.807) is 25.3 Å². The Morgan fingerprint density at radius 3 is 2.71 bits per heavy atom. The Balaban J connectivity index is 3.11. The number of hydrogen-bond donors (Lipinski definition) is 2. The molecule has 1 rings (SSSR count). The van der Waals surface area contributed by atoms with Crippen LogP contribution in [0.1, 0.15) is 11.6 Å². The molecule has 1 aromatic carbocycles. The fourth-order valence-corrected chi connectivity index (χ4v) is 1.53. The number of nitrogens with two attached hydrogens (primary N) is 2. The molecule has 14 heavy (non-hydrogen) atoms. The third-order valence-corrected chi connectivity index (χ3v) is 2.57. The van der Waals surface area contributed by atoms with Crippen LogP contribution in [0, 0.1) is 0 Å². The summed E-state index contributed by atoms with van der Waals surface area (Å²) in [6.07, 6.45) is 0. The Bertz CT molecular complexity index is 355. The normalized spacial score (nSPS) is 12.2. The first-order valence-corrected chi connectivity index (χ1v) is 4.74. The number of carbonyl (C=O) groups is 1. The summed E-state index contributed by atoms with van der Waals surface area (Å²) in [5.74, 6) is 0.0684. The Morgan fingerprint density at radius 1 is 1.57 bits per heavy atom. The van der Waals surface area contributed by atoms with Gasteiger partial charge in [0.1, 0.15) is 11.8 Å². The van der Waals surface area contributed by atoms with Crippen molar-refractivity contribution in [3.05, 3.63) is 28.2 Å². The molecule has 0 saturated heterocycles. The van der Waals surface area contributed by atoms with Crippen LogP contribution in [0.2, 0.25) is 0 Å². The zero-order valence-electron chi connectivity index (χ0n) is 7.66. The van der Waals surface area contributed by atoms with E-state index < -0.39 is 11.9 Å². The summed E-state index contributed by atoms with van der Waals surface area (Å²) in [6, 6.07) is 4.39. The van der Waals surface area contributed by atoms with Crippen molar-refractivity contribution in [3.8, 4) is 5.75 Å². The first kappa shape index (κ1) is 11.0. The van der Waals surface area contributed by atoms with Gasteiger partial charge in [0.15, 0.2) is 0 Å². The van der Waals surface area contributed by atoms with Crippen LogP contribution in [0.3, 0.4) is 0 Å². The fourth-order valence-electron chi connectivity index (χ4n) is 1.04. The van der Waals surface area contributed by atoms with E-state index in [0.29, 0.717) is 11.3 Å². The van der Waals surface area contributed by atoms with Crippen molar-refractivity contribution in [1.29, 1.82) is 0 Å². The number of primary amides is 1. The lowest BCUT2D eigenvalue weighted by atomic mass is 10.1. The molecular formula is C9H11BrN2O2. The quantitative estimate of drug-likeness (QED) is 0.847. The van der Waals surface area contributed by atoms with Crippen molar-refractivity contribution in [3.63, 3.8) is 0 Å². The van der Waals surface area contributed by atoms with Gasteiger partial charge in [-0.1, -0.05) is 15.9 Å². The van der Waals surface area contributed by atoms with Gasteiger partial charge in [-0.2, -0.15) is 0 Å². The lowest BCUT2D eigenvalue weighted by Crippen LogP contribution is -2.28. The largest absolute Gasteiger partial charge is 0.497 e. The SMILES string of the molecule is COc1ccc(Br)c(C(N)C(N)=O)c1. The number of hydrogen-bond acceptors (Lipinski definition) is 3. The number of rotatable bonds is 3. The van der Waals surface area contributed by atoms with Gasteiger partial charge in [-0.05, 0) is 23.8 Å². The lowest BCUT2D eigenvalue weighted by Gasteiger charge is -2.11. The second-order valence-electron chi connectivity index (χ2n) is 2.77. The molecule has 1 aromatic rings. The number of carbonyl (C=O) groups excluding carboxylic acids is 1. The van der Waals surface area contributed by atoms with Crippen LogP contribution in [0.4, 0.5) is 0 Å². The highest BCUT2D eigenvalue weighted by Crippen LogP contribution is 2.26. The minimum Gasteiger partial charge on any atom is -0.497 e. The Kier molecular flexibility index (Phi) is 3.49. The number of ether oxygens (including phenoxy) is 1. The monoisotopic (exact) mass is 258 g/mol. The summed E-state index contributed by atoms with van der Waals surface area (Å²) in [7, 11) is 1.54. The van der Waals surface area contributed by atoms with Gasteiger partial charge in [-0.15, -0.1) is 0 Å². The standard InChI is InChI=1S/C9H11BrN2O2/c1-14-5-2-3-7(10)6(4-5)8(11)9(12)13/h2-4,8H,11H2,1H3,(H2,12,13). The molecule has 0 aromatic heterocycles. The van der Waals surface area contributed by atoms with Gasteiger partial charge in [0.25, 0.3) is 0 Å². The van der Waals surface area contributed by atoms with Gasteiger partial charge >= 0.3 is 0 Å². The van der Waals surface area contributed by atoms with Crippen LogP contribution in [-0.4, -0.2) is 13.0 Å². The van der Waals surface area contributed by atoms with Crippen molar-refractivity contribution in [2.45, 2.75) is 6.04 Å². The molecule has 0 aliphatic heterocycles. The maximum atomic E-state index is 10.9. The van der Waals surface area contributed by atoms with Crippen LogP contribution in [0.25, 0.3) is 0 Å². The predicted molar refractivity (Wildman–Crippen MR) is 56.8 cm³/mol. The molecule has 0 fully saturated rings. The van der Waals surface area contributed by atoms with Gasteiger partial charge in [0, 0.05) is 4.47 Å². The Labute approximate surface area is 90.3 Å². The summed E-state index contributed by atoms with van der Waals surface area (Å²) in [6.45, 7) is 0. The summed E-state index contributed by atoms with van der Waals surface area (Å²) >= 11 is 3.29. The van der Waals surface area contributed by atoms with E-state index in [0.717, 1.165) is 4.47 Å². The van der Waals surface area contributed by atoms with Crippen molar-refractivity contribution in [2.75, 3.05) is 7.11 Å².